The van der Waals surface area contributed by atoms with Crippen molar-refractivity contribution in [1.29, 1.82) is 0 Å². The maximum atomic E-state index is 11.3. The largest absolute Gasteiger partial charge is 0.496 e. The van der Waals surface area contributed by atoms with E-state index in [1.165, 1.54) is 0 Å². The van der Waals surface area contributed by atoms with Gasteiger partial charge in [-0.2, -0.15) is 0 Å². The van der Waals surface area contributed by atoms with E-state index in [9.17, 15) is 4.79 Å². The van der Waals surface area contributed by atoms with Crippen molar-refractivity contribution < 1.29 is 14.3 Å². The van der Waals surface area contributed by atoms with Crippen molar-refractivity contribution >= 4 is 18.4 Å². The quantitative estimate of drug-likeness (QED) is 0.837. The molecule has 0 amide bonds. The maximum Gasteiger partial charge on any atom is 0.307 e. The molecule has 0 saturated heterocycles. The van der Waals surface area contributed by atoms with Gasteiger partial charge in [-0.05, 0) is 31.0 Å². The number of carbonyl (C=O) groups is 1. The minimum atomic E-state index is -0.335. The molecule has 0 fully saturated rings. The molecule has 0 radical (unpaired) electrons. The second-order valence-corrected chi connectivity index (χ2v) is 3.84. The van der Waals surface area contributed by atoms with Gasteiger partial charge in [0, 0.05) is 6.04 Å². The molecule has 0 bridgehead atoms. The highest BCUT2D eigenvalue weighted by Gasteiger charge is 2.13. The second-order valence-electron chi connectivity index (χ2n) is 3.84. The Labute approximate surface area is 114 Å². The van der Waals surface area contributed by atoms with Crippen molar-refractivity contribution in [1.82, 2.24) is 0 Å². The lowest BCUT2D eigenvalue weighted by atomic mass is 10.0. The Morgan fingerprint density at radius 1 is 1.44 bits per heavy atom. The molecule has 1 aromatic rings. The number of rotatable bonds is 5. The third-order valence-electron chi connectivity index (χ3n) is 2.54. The van der Waals surface area contributed by atoms with Gasteiger partial charge in [-0.3, -0.25) is 4.79 Å². The number of nitrogens with two attached hydrogens (primary N) is 1. The van der Waals surface area contributed by atoms with Crippen LogP contribution >= 0.6 is 12.4 Å². The van der Waals surface area contributed by atoms with Crippen LogP contribution in [0, 0.1) is 6.92 Å². The molecule has 0 unspecified atom stereocenters. The van der Waals surface area contributed by atoms with Crippen LogP contribution in [-0.4, -0.2) is 19.7 Å². The van der Waals surface area contributed by atoms with Crippen LogP contribution in [-0.2, 0) is 9.53 Å². The van der Waals surface area contributed by atoms with Crippen LogP contribution in [0.1, 0.15) is 30.5 Å². The minimum absolute atomic E-state index is 0. The van der Waals surface area contributed by atoms with E-state index < -0.39 is 0 Å². The predicted molar refractivity (Wildman–Crippen MR) is 73.2 cm³/mol. The number of esters is 1. The Bertz CT molecular complexity index is 396. The number of benzene rings is 1. The molecule has 1 atom stereocenters. The Kier molecular flexibility index (Phi) is 7.39. The van der Waals surface area contributed by atoms with E-state index in [1.54, 1.807) is 14.0 Å². The first-order valence-electron chi connectivity index (χ1n) is 5.64. The first kappa shape index (κ1) is 16.7. The van der Waals surface area contributed by atoms with E-state index in [-0.39, 0.29) is 30.8 Å². The third-order valence-corrected chi connectivity index (χ3v) is 2.54. The Morgan fingerprint density at radius 2 is 2.11 bits per heavy atom. The topological polar surface area (TPSA) is 61.5 Å². The van der Waals surface area contributed by atoms with Gasteiger partial charge in [0.15, 0.2) is 0 Å². The van der Waals surface area contributed by atoms with E-state index in [2.05, 4.69) is 0 Å². The molecule has 1 aromatic carbocycles. The summed E-state index contributed by atoms with van der Waals surface area (Å²) in [5.74, 6) is 0.547. The number of ether oxygens (including phenoxy) is 2. The molecule has 102 valence electrons. The van der Waals surface area contributed by atoms with Crippen molar-refractivity contribution in [2.75, 3.05) is 13.7 Å². The highest BCUT2D eigenvalue weighted by Crippen LogP contribution is 2.23. The number of hydrogen-bond acceptors (Lipinski definition) is 4. The summed E-state index contributed by atoms with van der Waals surface area (Å²) in [4.78, 5) is 11.3. The summed E-state index contributed by atoms with van der Waals surface area (Å²) in [6.07, 6.45) is 0.194. The molecule has 0 heterocycles. The molecule has 0 aliphatic rings. The van der Waals surface area contributed by atoms with Gasteiger partial charge in [-0.25, -0.2) is 0 Å². The molecule has 0 aliphatic carbocycles. The molecule has 4 nitrogen and oxygen atoms in total. The van der Waals surface area contributed by atoms with Gasteiger partial charge in [0.25, 0.3) is 0 Å². The summed E-state index contributed by atoms with van der Waals surface area (Å²) in [7, 11) is 1.63. The first-order valence-corrected chi connectivity index (χ1v) is 5.64. The lowest BCUT2D eigenvalue weighted by Crippen LogP contribution is -2.17. The zero-order valence-electron chi connectivity index (χ0n) is 10.9. The summed E-state index contributed by atoms with van der Waals surface area (Å²) in [6, 6.07) is 5.33. The lowest BCUT2D eigenvalue weighted by molar-refractivity contribution is -0.143. The summed E-state index contributed by atoms with van der Waals surface area (Å²) < 4.78 is 10.0. The summed E-state index contributed by atoms with van der Waals surface area (Å²) in [5.41, 5.74) is 7.86. The van der Waals surface area contributed by atoms with Crippen LogP contribution in [0.15, 0.2) is 18.2 Å². The maximum absolute atomic E-state index is 11.3. The van der Waals surface area contributed by atoms with Gasteiger partial charge in [-0.15, -0.1) is 12.4 Å². The van der Waals surface area contributed by atoms with E-state index in [4.69, 9.17) is 15.2 Å². The summed E-state index contributed by atoms with van der Waals surface area (Å²) in [5, 5.41) is 0. The molecule has 0 spiro atoms. The smallest absolute Gasteiger partial charge is 0.307 e. The normalized spacial score (nSPS) is 11.3. The molecule has 1 rings (SSSR count). The van der Waals surface area contributed by atoms with Gasteiger partial charge >= 0.3 is 5.97 Å². The molecule has 5 heteroatoms. The van der Waals surface area contributed by atoms with Crippen LogP contribution < -0.4 is 10.5 Å². The van der Waals surface area contributed by atoms with Crippen LogP contribution in [0.25, 0.3) is 0 Å². The van der Waals surface area contributed by atoms with E-state index in [0.717, 1.165) is 16.9 Å². The van der Waals surface area contributed by atoms with Crippen molar-refractivity contribution in [3.63, 3.8) is 0 Å². The third kappa shape index (κ3) is 4.55. The standard InChI is InChI=1S/C13H19NO3.ClH/c1-4-17-13(15)8-11(14)10-5-6-12(16-3)9(2)7-10;/h5-7,11H,4,8,14H2,1-3H3;1H/t11-;/m1./s1. The fraction of sp³-hybridized carbons (Fsp3) is 0.462. The number of aryl methyl sites for hydroxylation is 1. The van der Waals surface area contributed by atoms with Crippen LogP contribution in [0.2, 0.25) is 0 Å². The molecule has 0 aromatic heterocycles. The Morgan fingerprint density at radius 3 is 2.61 bits per heavy atom. The monoisotopic (exact) mass is 273 g/mol. The molecule has 0 aliphatic heterocycles. The van der Waals surface area contributed by atoms with Crippen molar-refractivity contribution in [2.24, 2.45) is 5.73 Å². The molecular weight excluding hydrogens is 254 g/mol. The predicted octanol–water partition coefficient (Wildman–Crippen LogP) is 2.38. The summed E-state index contributed by atoms with van der Waals surface area (Å²) in [6.45, 7) is 4.10. The van der Waals surface area contributed by atoms with Crippen LogP contribution in [0.5, 0.6) is 5.75 Å². The van der Waals surface area contributed by atoms with E-state index in [1.807, 2.05) is 25.1 Å². The number of carbonyl (C=O) groups excluding carboxylic acids is 1. The van der Waals surface area contributed by atoms with E-state index >= 15 is 0 Å². The fourth-order valence-corrected chi connectivity index (χ4v) is 1.65. The number of methoxy groups -OCH3 is 1. The molecule has 18 heavy (non-hydrogen) atoms. The van der Waals surface area contributed by atoms with Gasteiger partial charge in [-0.1, -0.05) is 12.1 Å². The number of hydrogen-bond donors (Lipinski definition) is 1. The molecule has 0 saturated carbocycles. The Balaban J connectivity index is 0.00000289. The van der Waals surface area contributed by atoms with E-state index in [0.29, 0.717) is 6.61 Å². The van der Waals surface area contributed by atoms with Gasteiger partial charge < -0.3 is 15.2 Å². The minimum Gasteiger partial charge on any atom is -0.496 e. The van der Waals surface area contributed by atoms with Gasteiger partial charge in [0.1, 0.15) is 5.75 Å². The highest BCUT2D eigenvalue weighted by atomic mass is 35.5. The Hall–Kier alpha value is -1.26. The summed E-state index contributed by atoms with van der Waals surface area (Å²) >= 11 is 0. The zero-order valence-corrected chi connectivity index (χ0v) is 11.8. The van der Waals surface area contributed by atoms with Gasteiger partial charge in [0.2, 0.25) is 0 Å². The molecular formula is C13H20ClNO3. The van der Waals surface area contributed by atoms with Crippen LogP contribution in [0.4, 0.5) is 0 Å². The van der Waals surface area contributed by atoms with Crippen molar-refractivity contribution in [3.8, 4) is 5.75 Å². The SMILES string of the molecule is CCOC(=O)C[C@@H](N)c1ccc(OC)c(C)c1.Cl. The highest BCUT2D eigenvalue weighted by molar-refractivity contribution is 5.85. The average molecular weight is 274 g/mol. The van der Waals surface area contributed by atoms with Crippen molar-refractivity contribution in [3.05, 3.63) is 29.3 Å². The lowest BCUT2D eigenvalue weighted by Gasteiger charge is -2.13. The van der Waals surface area contributed by atoms with Gasteiger partial charge in [0.05, 0.1) is 20.1 Å². The second kappa shape index (κ2) is 7.95. The fourth-order valence-electron chi connectivity index (χ4n) is 1.65. The average Bonchev–Trinajstić information content (AvgIpc) is 2.29. The van der Waals surface area contributed by atoms with Crippen LogP contribution in [0.3, 0.4) is 0 Å². The van der Waals surface area contributed by atoms with Crippen molar-refractivity contribution in [2.45, 2.75) is 26.3 Å². The zero-order chi connectivity index (χ0) is 12.8. The number of halogens is 1. The molecule has 2 N–H and O–H groups in total. The first-order chi connectivity index (χ1) is 8.08.